The second-order valence-electron chi connectivity index (χ2n) is 7.69. The second kappa shape index (κ2) is 11.3. The van der Waals surface area contributed by atoms with Gasteiger partial charge >= 0.3 is 0 Å². The molecule has 0 saturated carbocycles. The summed E-state index contributed by atoms with van der Waals surface area (Å²) in [5.41, 5.74) is 8.09. The normalized spacial score (nSPS) is 15.3. The van der Waals surface area contributed by atoms with Crippen LogP contribution in [0.3, 0.4) is 0 Å². The number of amides is 1. The number of nitrogens with one attached hydrogen (secondary N) is 1. The van der Waals surface area contributed by atoms with Gasteiger partial charge < -0.3 is 16.0 Å². The van der Waals surface area contributed by atoms with Gasteiger partial charge in [0, 0.05) is 42.2 Å². The van der Waals surface area contributed by atoms with Crippen LogP contribution in [-0.2, 0) is 4.79 Å². The Morgan fingerprint density at radius 2 is 1.93 bits per heavy atom. The first-order valence-corrected chi connectivity index (χ1v) is 10.6. The predicted octanol–water partition coefficient (Wildman–Crippen LogP) is 3.17. The fourth-order valence-corrected chi connectivity index (χ4v) is 3.74. The van der Waals surface area contributed by atoms with Gasteiger partial charge in [-0.1, -0.05) is 18.2 Å². The van der Waals surface area contributed by atoms with Crippen LogP contribution in [0.25, 0.3) is 6.08 Å². The van der Waals surface area contributed by atoms with Crippen molar-refractivity contribution in [2.24, 2.45) is 5.92 Å². The number of likely N-dealkylation sites (tertiary alicyclic amines) is 1. The highest BCUT2D eigenvalue weighted by Crippen LogP contribution is 2.24. The van der Waals surface area contributed by atoms with Gasteiger partial charge in [0.2, 0.25) is 5.91 Å². The lowest BCUT2D eigenvalue weighted by Gasteiger charge is -2.31. The molecule has 0 aliphatic carbocycles. The van der Waals surface area contributed by atoms with Crippen LogP contribution in [0, 0.1) is 5.92 Å². The highest BCUT2D eigenvalue weighted by Gasteiger charge is 2.26. The molecule has 158 valence electrons. The minimum absolute atomic E-state index is 0.0665. The number of carbonyl (C=O) groups excluding carboxylic acids is 2. The number of nitrogens with zero attached hydrogens (tertiary/aromatic N) is 2. The summed E-state index contributed by atoms with van der Waals surface area (Å²) in [5.74, 6) is 0.157. The van der Waals surface area contributed by atoms with Gasteiger partial charge in [0.05, 0.1) is 0 Å². The molecule has 6 nitrogen and oxygen atoms in total. The first kappa shape index (κ1) is 21.7. The van der Waals surface area contributed by atoms with Crippen LogP contribution in [0.2, 0.25) is 0 Å². The Kier molecular flexibility index (Phi) is 8.15. The van der Waals surface area contributed by atoms with Crippen LogP contribution >= 0.6 is 0 Å². The molecule has 6 heteroatoms. The summed E-state index contributed by atoms with van der Waals surface area (Å²) in [5, 5.41) is 2.91. The van der Waals surface area contributed by atoms with Gasteiger partial charge in [-0.05, 0) is 75.2 Å². The predicted molar refractivity (Wildman–Crippen MR) is 120 cm³/mol. The lowest BCUT2D eigenvalue weighted by Crippen LogP contribution is -2.37. The van der Waals surface area contributed by atoms with Gasteiger partial charge in [-0.15, -0.1) is 0 Å². The van der Waals surface area contributed by atoms with Crippen LogP contribution in [-0.4, -0.2) is 47.8 Å². The number of aromatic nitrogens is 1. The van der Waals surface area contributed by atoms with E-state index < -0.39 is 0 Å². The lowest BCUT2D eigenvalue weighted by atomic mass is 9.88. The molecule has 1 aliphatic rings. The highest BCUT2D eigenvalue weighted by atomic mass is 16.1. The van der Waals surface area contributed by atoms with Crippen molar-refractivity contribution in [1.29, 1.82) is 0 Å². The fraction of sp³-hybridized carbons (Fsp3) is 0.375. The molecule has 0 atom stereocenters. The molecule has 1 aliphatic heterocycles. The Bertz CT molecular complexity index is 859. The van der Waals surface area contributed by atoms with Crippen molar-refractivity contribution in [1.82, 2.24) is 15.2 Å². The zero-order valence-corrected chi connectivity index (χ0v) is 17.3. The Morgan fingerprint density at radius 3 is 2.67 bits per heavy atom. The zero-order valence-electron chi connectivity index (χ0n) is 17.3. The van der Waals surface area contributed by atoms with Crippen LogP contribution < -0.4 is 11.1 Å². The molecular formula is C24H30N4O2. The molecule has 1 fully saturated rings. The van der Waals surface area contributed by atoms with E-state index in [4.69, 9.17) is 5.73 Å². The number of para-hydroxylation sites is 1. The molecule has 0 bridgehead atoms. The molecule has 1 amide bonds. The largest absolute Gasteiger partial charge is 0.398 e. The van der Waals surface area contributed by atoms with E-state index in [1.54, 1.807) is 24.5 Å². The second-order valence-corrected chi connectivity index (χ2v) is 7.69. The molecule has 30 heavy (non-hydrogen) atoms. The van der Waals surface area contributed by atoms with E-state index in [1.807, 2.05) is 30.3 Å². The van der Waals surface area contributed by atoms with Gasteiger partial charge in [0.1, 0.15) is 0 Å². The van der Waals surface area contributed by atoms with Crippen LogP contribution in [0.15, 0.2) is 54.9 Å². The molecule has 0 radical (unpaired) electrons. The molecular weight excluding hydrogens is 376 g/mol. The van der Waals surface area contributed by atoms with E-state index in [9.17, 15) is 9.59 Å². The standard InChI is InChI=1S/C24H30N4O2/c25-22-8-2-1-7-21(22)24(30)20-11-16-28(17-12-20)15-4-3-14-27-23(29)10-9-19-6-5-13-26-18-19/h1-2,5-10,13,18,20H,3-4,11-12,14-17,25H2,(H,27,29)/b10-9-. The van der Waals surface area contributed by atoms with Gasteiger partial charge in [-0.3, -0.25) is 14.6 Å². The maximum atomic E-state index is 12.7. The maximum absolute atomic E-state index is 12.7. The number of rotatable bonds is 9. The average Bonchev–Trinajstić information content (AvgIpc) is 2.78. The van der Waals surface area contributed by atoms with E-state index in [0.29, 0.717) is 17.8 Å². The van der Waals surface area contributed by atoms with Crippen molar-refractivity contribution >= 4 is 23.5 Å². The molecule has 2 heterocycles. The van der Waals surface area contributed by atoms with Crippen molar-refractivity contribution in [3.8, 4) is 0 Å². The molecule has 0 spiro atoms. The van der Waals surface area contributed by atoms with E-state index >= 15 is 0 Å². The number of piperidine rings is 1. The van der Waals surface area contributed by atoms with Crippen molar-refractivity contribution < 1.29 is 9.59 Å². The Hall–Kier alpha value is -2.99. The summed E-state index contributed by atoms with van der Waals surface area (Å²) in [7, 11) is 0. The Labute approximate surface area is 178 Å². The van der Waals surface area contributed by atoms with E-state index in [1.165, 1.54) is 6.08 Å². The third-order valence-electron chi connectivity index (χ3n) is 5.50. The van der Waals surface area contributed by atoms with Gasteiger partial charge in [0.15, 0.2) is 5.78 Å². The molecule has 1 saturated heterocycles. The smallest absolute Gasteiger partial charge is 0.243 e. The number of hydrogen-bond acceptors (Lipinski definition) is 5. The van der Waals surface area contributed by atoms with Crippen LogP contribution in [0.4, 0.5) is 5.69 Å². The lowest BCUT2D eigenvalue weighted by molar-refractivity contribution is -0.116. The number of ketones is 1. The SMILES string of the molecule is Nc1ccccc1C(=O)C1CCN(CCCCNC(=O)/C=C\c2cccnc2)CC1. The van der Waals surface area contributed by atoms with Gasteiger partial charge in [-0.25, -0.2) is 0 Å². The van der Waals surface area contributed by atoms with E-state index in [2.05, 4.69) is 15.2 Å². The number of anilines is 1. The summed E-state index contributed by atoms with van der Waals surface area (Å²) in [4.78, 5) is 31.0. The minimum atomic E-state index is -0.0848. The number of nitrogen functional groups attached to an aromatic ring is 1. The van der Waals surface area contributed by atoms with Gasteiger partial charge in [0.25, 0.3) is 0 Å². The average molecular weight is 407 g/mol. The number of pyridine rings is 1. The summed E-state index contributed by atoms with van der Waals surface area (Å²) >= 11 is 0. The van der Waals surface area contributed by atoms with Crippen LogP contribution in [0.5, 0.6) is 0 Å². The maximum Gasteiger partial charge on any atom is 0.243 e. The third-order valence-corrected chi connectivity index (χ3v) is 5.50. The zero-order chi connectivity index (χ0) is 21.2. The highest BCUT2D eigenvalue weighted by molar-refractivity contribution is 6.02. The molecule has 1 aromatic heterocycles. The monoisotopic (exact) mass is 406 g/mol. The number of nitrogens with two attached hydrogens (primary N) is 1. The Morgan fingerprint density at radius 1 is 1.13 bits per heavy atom. The quantitative estimate of drug-likeness (QED) is 0.289. The Balaban J connectivity index is 1.29. The van der Waals surface area contributed by atoms with Crippen molar-refractivity contribution in [2.75, 3.05) is 31.9 Å². The molecule has 3 rings (SSSR count). The van der Waals surface area contributed by atoms with Crippen molar-refractivity contribution in [3.63, 3.8) is 0 Å². The molecule has 0 unspecified atom stereocenters. The minimum Gasteiger partial charge on any atom is -0.398 e. The summed E-state index contributed by atoms with van der Waals surface area (Å²) in [6, 6.07) is 11.1. The van der Waals surface area contributed by atoms with Crippen molar-refractivity contribution in [3.05, 3.63) is 66.0 Å². The fourth-order valence-electron chi connectivity index (χ4n) is 3.74. The molecule has 3 N–H and O–H groups in total. The number of Topliss-reactive ketones (excluding diaryl/α,β-unsaturated/α-hetero) is 1. The van der Waals surface area contributed by atoms with E-state index in [-0.39, 0.29) is 17.6 Å². The van der Waals surface area contributed by atoms with Crippen LogP contribution in [0.1, 0.15) is 41.6 Å². The molecule has 2 aromatic rings. The van der Waals surface area contributed by atoms with E-state index in [0.717, 1.165) is 50.9 Å². The number of benzene rings is 1. The summed E-state index contributed by atoms with van der Waals surface area (Å²) < 4.78 is 0. The first-order valence-electron chi connectivity index (χ1n) is 10.6. The van der Waals surface area contributed by atoms with Gasteiger partial charge in [-0.2, -0.15) is 0 Å². The first-order chi connectivity index (χ1) is 14.6. The topological polar surface area (TPSA) is 88.3 Å². The number of carbonyl (C=O) groups is 2. The summed E-state index contributed by atoms with van der Waals surface area (Å²) in [6.45, 7) is 3.53. The molecule has 1 aromatic carbocycles. The van der Waals surface area contributed by atoms with Crippen molar-refractivity contribution in [2.45, 2.75) is 25.7 Å². The number of unbranched alkanes of at least 4 members (excludes halogenated alkanes) is 1. The number of hydrogen-bond donors (Lipinski definition) is 2. The third kappa shape index (κ3) is 6.52. The summed E-state index contributed by atoms with van der Waals surface area (Å²) in [6.07, 6.45) is 10.4.